The summed E-state index contributed by atoms with van der Waals surface area (Å²) in [6.07, 6.45) is -4.51. The van der Waals surface area contributed by atoms with Gasteiger partial charge in [-0.2, -0.15) is 13.2 Å². The Balaban J connectivity index is 2.96. The van der Waals surface area contributed by atoms with Gasteiger partial charge in [0.25, 0.3) is 5.95 Å². The van der Waals surface area contributed by atoms with E-state index in [9.17, 15) is 13.2 Å². The van der Waals surface area contributed by atoms with Crippen LogP contribution in [0.2, 0.25) is 0 Å². The summed E-state index contributed by atoms with van der Waals surface area (Å²) in [6, 6.07) is 1.50. The number of halogens is 3. The average molecular weight is 152 g/mol. The molecule has 0 saturated heterocycles. The second-order valence-electron chi connectivity index (χ2n) is 1.64. The Kier molecular flexibility index (Phi) is 1.35. The van der Waals surface area contributed by atoms with Gasteiger partial charge in [0.1, 0.15) is 0 Å². The van der Waals surface area contributed by atoms with E-state index in [1.807, 2.05) is 0 Å². The van der Waals surface area contributed by atoms with Crippen molar-refractivity contribution in [1.82, 2.24) is 0 Å². The van der Waals surface area contributed by atoms with Crippen LogP contribution in [0.5, 0.6) is 5.95 Å². The molecule has 0 amide bonds. The number of furan rings is 1. The second-order valence-corrected chi connectivity index (χ2v) is 1.64. The standard InChI is InChI=1S/C5H3F3O2/c6-5(7,8)3-1-2-4(9)10-3/h1-2,9H. The number of alkyl halides is 3. The molecule has 56 valence electrons. The highest BCUT2D eigenvalue weighted by Gasteiger charge is 2.34. The van der Waals surface area contributed by atoms with Crippen molar-refractivity contribution in [3.8, 4) is 5.95 Å². The van der Waals surface area contributed by atoms with Gasteiger partial charge in [0.15, 0.2) is 0 Å². The van der Waals surface area contributed by atoms with Crippen LogP contribution in [0.25, 0.3) is 0 Å². The molecule has 0 unspecified atom stereocenters. The summed E-state index contributed by atoms with van der Waals surface area (Å²) in [5.74, 6) is -1.92. The molecule has 0 bridgehead atoms. The molecule has 0 radical (unpaired) electrons. The molecule has 0 saturated carbocycles. The molecule has 2 nitrogen and oxygen atoms in total. The summed E-state index contributed by atoms with van der Waals surface area (Å²) in [6.45, 7) is 0. The van der Waals surface area contributed by atoms with E-state index in [0.29, 0.717) is 6.07 Å². The maximum atomic E-state index is 11.6. The van der Waals surface area contributed by atoms with Gasteiger partial charge in [0.05, 0.1) is 0 Å². The molecule has 1 N–H and O–H groups in total. The molecule has 1 heterocycles. The van der Waals surface area contributed by atoms with Crippen molar-refractivity contribution in [3.05, 3.63) is 17.9 Å². The third-order valence-corrected chi connectivity index (χ3v) is 0.871. The van der Waals surface area contributed by atoms with E-state index in [2.05, 4.69) is 4.42 Å². The lowest BCUT2D eigenvalue weighted by Crippen LogP contribution is -2.01. The SMILES string of the molecule is Oc1ccc(C(F)(F)F)o1. The Bertz CT molecular complexity index is 225. The monoisotopic (exact) mass is 152 g/mol. The molecular weight excluding hydrogens is 149 g/mol. The van der Waals surface area contributed by atoms with Crippen LogP contribution < -0.4 is 0 Å². The quantitative estimate of drug-likeness (QED) is 0.616. The molecule has 10 heavy (non-hydrogen) atoms. The summed E-state index contributed by atoms with van der Waals surface area (Å²) >= 11 is 0. The molecule has 0 spiro atoms. The molecule has 1 rings (SSSR count). The molecule has 0 aliphatic heterocycles. The van der Waals surface area contributed by atoms with Crippen molar-refractivity contribution in [2.75, 3.05) is 0 Å². The fraction of sp³-hybridized carbons (Fsp3) is 0.200. The number of rotatable bonds is 0. The van der Waals surface area contributed by atoms with Crippen LogP contribution in [0, 0.1) is 0 Å². The van der Waals surface area contributed by atoms with Gasteiger partial charge in [-0.15, -0.1) is 0 Å². The molecule has 1 aromatic heterocycles. The molecule has 1 aromatic rings. The van der Waals surface area contributed by atoms with Crippen molar-refractivity contribution >= 4 is 0 Å². The second kappa shape index (κ2) is 1.93. The smallest absolute Gasteiger partial charge is 0.449 e. The molecule has 0 aromatic carbocycles. The van der Waals surface area contributed by atoms with Gasteiger partial charge >= 0.3 is 6.18 Å². The number of hydrogen-bond acceptors (Lipinski definition) is 2. The van der Waals surface area contributed by atoms with Crippen molar-refractivity contribution in [1.29, 1.82) is 0 Å². The van der Waals surface area contributed by atoms with E-state index < -0.39 is 17.9 Å². The Morgan fingerprint density at radius 3 is 2.10 bits per heavy atom. The Morgan fingerprint density at radius 1 is 1.30 bits per heavy atom. The molecule has 0 aliphatic carbocycles. The minimum atomic E-state index is -4.51. The number of hydrogen-bond donors (Lipinski definition) is 1. The highest BCUT2D eigenvalue weighted by atomic mass is 19.4. The highest BCUT2D eigenvalue weighted by Crippen LogP contribution is 2.32. The Hall–Kier alpha value is -1.13. The molecule has 5 heteroatoms. The maximum Gasteiger partial charge on any atom is 0.449 e. The molecule has 0 aliphatic rings. The summed E-state index contributed by atoms with van der Waals surface area (Å²) in [4.78, 5) is 0. The maximum absolute atomic E-state index is 11.6. The summed E-state index contributed by atoms with van der Waals surface area (Å²) in [7, 11) is 0. The van der Waals surface area contributed by atoms with Gasteiger partial charge in [0, 0.05) is 6.07 Å². The fourth-order valence-electron chi connectivity index (χ4n) is 0.480. The van der Waals surface area contributed by atoms with E-state index in [4.69, 9.17) is 5.11 Å². The lowest BCUT2D eigenvalue weighted by atomic mass is 10.4. The summed E-state index contributed by atoms with van der Waals surface area (Å²) < 4.78 is 38.7. The van der Waals surface area contributed by atoms with Crippen LogP contribution in [-0.2, 0) is 6.18 Å². The van der Waals surface area contributed by atoms with Gasteiger partial charge in [-0.05, 0) is 6.07 Å². The van der Waals surface area contributed by atoms with Crippen LogP contribution in [0.3, 0.4) is 0 Å². The summed E-state index contributed by atoms with van der Waals surface area (Å²) in [5.41, 5.74) is 0. The highest BCUT2D eigenvalue weighted by molar-refractivity contribution is 5.12. The van der Waals surface area contributed by atoms with E-state index in [-0.39, 0.29) is 0 Å². The zero-order chi connectivity index (χ0) is 7.78. The average Bonchev–Trinajstić information content (AvgIpc) is 2.11. The first-order chi connectivity index (χ1) is 4.50. The third kappa shape index (κ3) is 1.23. The van der Waals surface area contributed by atoms with Gasteiger partial charge in [-0.25, -0.2) is 0 Å². The van der Waals surface area contributed by atoms with Crippen LogP contribution >= 0.6 is 0 Å². The van der Waals surface area contributed by atoms with Crippen LogP contribution in [-0.4, -0.2) is 5.11 Å². The van der Waals surface area contributed by atoms with Crippen molar-refractivity contribution in [2.24, 2.45) is 0 Å². The topological polar surface area (TPSA) is 33.4 Å². The predicted molar refractivity (Wildman–Crippen MR) is 25.4 cm³/mol. The van der Waals surface area contributed by atoms with Gasteiger partial charge < -0.3 is 9.52 Å². The van der Waals surface area contributed by atoms with Crippen LogP contribution in [0.4, 0.5) is 13.2 Å². The fourth-order valence-corrected chi connectivity index (χ4v) is 0.480. The Labute approximate surface area is 53.9 Å². The van der Waals surface area contributed by atoms with Gasteiger partial charge in [0.2, 0.25) is 5.76 Å². The zero-order valence-corrected chi connectivity index (χ0v) is 4.64. The Morgan fingerprint density at radius 2 is 1.90 bits per heavy atom. The zero-order valence-electron chi connectivity index (χ0n) is 4.64. The van der Waals surface area contributed by atoms with Crippen LogP contribution in [0.1, 0.15) is 5.76 Å². The molecule has 0 fully saturated rings. The van der Waals surface area contributed by atoms with Crippen LogP contribution in [0.15, 0.2) is 16.5 Å². The van der Waals surface area contributed by atoms with Gasteiger partial charge in [-0.1, -0.05) is 0 Å². The minimum Gasteiger partial charge on any atom is -0.481 e. The largest absolute Gasteiger partial charge is 0.481 e. The molecular formula is C5H3F3O2. The first kappa shape index (κ1) is 6.98. The van der Waals surface area contributed by atoms with Crippen molar-refractivity contribution in [2.45, 2.75) is 6.18 Å². The van der Waals surface area contributed by atoms with Crippen molar-refractivity contribution in [3.63, 3.8) is 0 Å². The van der Waals surface area contributed by atoms with Gasteiger partial charge in [-0.3, -0.25) is 0 Å². The lowest BCUT2D eigenvalue weighted by molar-refractivity contribution is -0.153. The first-order valence-electron chi connectivity index (χ1n) is 2.36. The third-order valence-electron chi connectivity index (χ3n) is 0.871. The van der Waals surface area contributed by atoms with Crippen molar-refractivity contribution < 1.29 is 22.7 Å². The van der Waals surface area contributed by atoms with E-state index >= 15 is 0 Å². The van der Waals surface area contributed by atoms with E-state index in [1.165, 1.54) is 0 Å². The summed E-state index contributed by atoms with van der Waals surface area (Å²) in [5, 5.41) is 8.35. The first-order valence-corrected chi connectivity index (χ1v) is 2.36. The van der Waals surface area contributed by atoms with E-state index in [1.54, 1.807) is 0 Å². The lowest BCUT2D eigenvalue weighted by Gasteiger charge is -1.98. The minimum absolute atomic E-state index is 0.662. The van der Waals surface area contributed by atoms with E-state index in [0.717, 1.165) is 6.07 Å². The molecule has 0 atom stereocenters. The normalized spacial score (nSPS) is 11.9. The number of aromatic hydroxyl groups is 1. The predicted octanol–water partition coefficient (Wildman–Crippen LogP) is 2.00.